The highest BCUT2D eigenvalue weighted by atomic mass is 35.5. The van der Waals surface area contributed by atoms with Gasteiger partial charge in [0.25, 0.3) is 0 Å². The van der Waals surface area contributed by atoms with Gasteiger partial charge in [0.2, 0.25) is 0 Å². The molecule has 0 bridgehead atoms. The normalized spacial score (nSPS) is 12.6. The molecule has 0 amide bonds. The number of hydrogen-bond donors (Lipinski definition) is 1. The number of rotatable bonds is 7. The van der Waals surface area contributed by atoms with E-state index < -0.39 is 0 Å². The van der Waals surface area contributed by atoms with Crippen LogP contribution in [0.3, 0.4) is 0 Å². The molecule has 1 aromatic heterocycles. The van der Waals surface area contributed by atoms with Gasteiger partial charge in [0.15, 0.2) is 0 Å². The zero-order valence-electron chi connectivity index (χ0n) is 12.4. The fraction of sp³-hybridized carbons (Fsp3) is 0.438. The Labute approximate surface area is 136 Å². The van der Waals surface area contributed by atoms with Crippen molar-refractivity contribution in [1.29, 1.82) is 0 Å². The predicted molar refractivity (Wildman–Crippen MR) is 89.1 cm³/mol. The van der Waals surface area contributed by atoms with Crippen LogP contribution in [-0.2, 0) is 6.54 Å². The van der Waals surface area contributed by atoms with Crippen molar-refractivity contribution >= 4 is 23.2 Å². The van der Waals surface area contributed by atoms with Crippen molar-refractivity contribution in [2.24, 2.45) is 0 Å². The van der Waals surface area contributed by atoms with Crippen LogP contribution in [0.4, 0.5) is 0 Å². The number of aryl methyl sites for hydroxylation is 1. The average Bonchev–Trinajstić information content (AvgIpc) is 2.90. The Balaban J connectivity index is 2.45. The lowest BCUT2D eigenvalue weighted by Crippen LogP contribution is -2.27. The minimum Gasteiger partial charge on any atom is -0.333 e. The minimum atomic E-state index is -0.0901. The maximum atomic E-state index is 6.39. The number of aromatic nitrogens is 2. The maximum Gasteiger partial charge on any atom is 0.130 e. The summed E-state index contributed by atoms with van der Waals surface area (Å²) >= 11 is 12.8. The van der Waals surface area contributed by atoms with E-state index in [1.807, 2.05) is 30.6 Å². The van der Waals surface area contributed by atoms with Gasteiger partial charge in [0, 0.05) is 34.5 Å². The molecule has 1 aromatic carbocycles. The molecule has 114 valence electrons. The Bertz CT molecular complexity index is 560. The summed E-state index contributed by atoms with van der Waals surface area (Å²) in [6.45, 7) is 6.10. The third kappa shape index (κ3) is 3.79. The molecule has 2 rings (SSSR count). The van der Waals surface area contributed by atoms with Gasteiger partial charge in [-0.1, -0.05) is 43.1 Å². The second-order valence-electron chi connectivity index (χ2n) is 5.00. The van der Waals surface area contributed by atoms with Crippen molar-refractivity contribution in [3.63, 3.8) is 0 Å². The van der Waals surface area contributed by atoms with Crippen LogP contribution in [-0.4, -0.2) is 16.1 Å². The summed E-state index contributed by atoms with van der Waals surface area (Å²) in [6, 6.07) is 5.52. The van der Waals surface area contributed by atoms with Crippen LogP contribution >= 0.6 is 23.2 Å². The van der Waals surface area contributed by atoms with E-state index in [1.54, 1.807) is 0 Å². The Kier molecular flexibility index (Phi) is 6.09. The standard InChI is InChI=1S/C16H21Cl2N3/c1-3-8-19-15(14-12(17)6-5-7-13(14)18)16-20-9-11-21(16)10-4-2/h5-7,9,11,15,19H,3-4,8,10H2,1-2H3. The quantitative estimate of drug-likeness (QED) is 0.800. The number of benzene rings is 1. The zero-order valence-corrected chi connectivity index (χ0v) is 14.0. The smallest absolute Gasteiger partial charge is 0.130 e. The van der Waals surface area contributed by atoms with Gasteiger partial charge in [-0.15, -0.1) is 0 Å². The van der Waals surface area contributed by atoms with Gasteiger partial charge in [0.1, 0.15) is 5.82 Å². The van der Waals surface area contributed by atoms with Crippen molar-refractivity contribution in [1.82, 2.24) is 14.9 Å². The van der Waals surface area contributed by atoms with Gasteiger partial charge in [-0.25, -0.2) is 4.98 Å². The first-order chi connectivity index (χ1) is 10.2. The van der Waals surface area contributed by atoms with Crippen LogP contribution in [0.5, 0.6) is 0 Å². The predicted octanol–water partition coefficient (Wildman–Crippen LogP) is 4.69. The highest BCUT2D eigenvalue weighted by Gasteiger charge is 2.23. The molecule has 1 N–H and O–H groups in total. The Morgan fingerprint density at radius 1 is 1.19 bits per heavy atom. The molecule has 21 heavy (non-hydrogen) atoms. The molecule has 3 nitrogen and oxygen atoms in total. The van der Waals surface area contributed by atoms with E-state index in [1.165, 1.54) is 0 Å². The van der Waals surface area contributed by atoms with Gasteiger partial charge >= 0.3 is 0 Å². The van der Waals surface area contributed by atoms with E-state index in [2.05, 4.69) is 28.7 Å². The van der Waals surface area contributed by atoms with Crippen LogP contribution in [0.2, 0.25) is 10.0 Å². The molecule has 0 fully saturated rings. The summed E-state index contributed by atoms with van der Waals surface area (Å²) in [4.78, 5) is 4.53. The van der Waals surface area contributed by atoms with Crippen LogP contribution in [0.15, 0.2) is 30.6 Å². The fourth-order valence-electron chi connectivity index (χ4n) is 2.41. The maximum absolute atomic E-state index is 6.39. The molecule has 1 unspecified atom stereocenters. The molecule has 0 aliphatic heterocycles. The lowest BCUT2D eigenvalue weighted by atomic mass is 10.1. The molecular weight excluding hydrogens is 305 g/mol. The third-order valence-corrected chi connectivity index (χ3v) is 4.02. The summed E-state index contributed by atoms with van der Waals surface area (Å²) < 4.78 is 2.16. The second kappa shape index (κ2) is 7.83. The summed E-state index contributed by atoms with van der Waals surface area (Å²) in [7, 11) is 0. The number of nitrogens with zero attached hydrogens (tertiary/aromatic N) is 2. The van der Waals surface area contributed by atoms with Crippen molar-refractivity contribution in [2.45, 2.75) is 39.3 Å². The summed E-state index contributed by atoms with van der Waals surface area (Å²) in [5.41, 5.74) is 0.901. The molecule has 0 spiro atoms. The largest absolute Gasteiger partial charge is 0.333 e. The molecule has 1 heterocycles. The number of imidazole rings is 1. The Morgan fingerprint density at radius 3 is 2.52 bits per heavy atom. The van der Waals surface area contributed by atoms with Gasteiger partial charge in [-0.2, -0.15) is 0 Å². The van der Waals surface area contributed by atoms with E-state index in [4.69, 9.17) is 23.2 Å². The Morgan fingerprint density at radius 2 is 1.90 bits per heavy atom. The number of hydrogen-bond acceptors (Lipinski definition) is 2. The SMILES string of the molecule is CCCNC(c1c(Cl)cccc1Cl)c1nccn1CCC. The van der Waals surface area contributed by atoms with Gasteiger partial charge in [-0.05, 0) is 31.5 Å². The topological polar surface area (TPSA) is 29.9 Å². The molecule has 1 atom stereocenters. The summed E-state index contributed by atoms with van der Waals surface area (Å²) in [5, 5.41) is 4.85. The van der Waals surface area contributed by atoms with Crippen molar-refractivity contribution in [2.75, 3.05) is 6.54 Å². The van der Waals surface area contributed by atoms with Crippen molar-refractivity contribution in [3.05, 3.63) is 52.0 Å². The van der Waals surface area contributed by atoms with Crippen molar-refractivity contribution in [3.8, 4) is 0 Å². The first kappa shape index (κ1) is 16.3. The van der Waals surface area contributed by atoms with Crippen LogP contribution < -0.4 is 5.32 Å². The summed E-state index contributed by atoms with van der Waals surface area (Å²) in [6.07, 6.45) is 5.92. The molecule has 0 aliphatic rings. The van der Waals surface area contributed by atoms with Crippen LogP contribution in [0.1, 0.15) is 44.1 Å². The molecule has 2 aromatic rings. The Hall–Kier alpha value is -1.03. The average molecular weight is 326 g/mol. The van der Waals surface area contributed by atoms with Crippen LogP contribution in [0, 0.1) is 0 Å². The molecule has 0 aliphatic carbocycles. The van der Waals surface area contributed by atoms with Gasteiger partial charge in [0.05, 0.1) is 6.04 Å². The van der Waals surface area contributed by atoms with E-state index in [0.29, 0.717) is 10.0 Å². The second-order valence-corrected chi connectivity index (χ2v) is 5.82. The van der Waals surface area contributed by atoms with E-state index in [-0.39, 0.29) is 6.04 Å². The van der Waals surface area contributed by atoms with Crippen LogP contribution in [0.25, 0.3) is 0 Å². The van der Waals surface area contributed by atoms with Gasteiger partial charge < -0.3 is 9.88 Å². The van der Waals surface area contributed by atoms with Crippen molar-refractivity contribution < 1.29 is 0 Å². The summed E-state index contributed by atoms with van der Waals surface area (Å²) in [5.74, 6) is 0.959. The molecule has 0 saturated carbocycles. The lowest BCUT2D eigenvalue weighted by Gasteiger charge is -2.22. The van der Waals surface area contributed by atoms with Gasteiger partial charge in [-0.3, -0.25) is 0 Å². The van der Waals surface area contributed by atoms with E-state index >= 15 is 0 Å². The zero-order chi connectivity index (χ0) is 15.2. The fourth-order valence-corrected chi connectivity index (χ4v) is 3.02. The molecule has 5 heteroatoms. The highest BCUT2D eigenvalue weighted by molar-refractivity contribution is 6.36. The number of halogens is 2. The monoisotopic (exact) mass is 325 g/mol. The molecule has 0 saturated heterocycles. The molecular formula is C16H21Cl2N3. The first-order valence-corrected chi connectivity index (χ1v) is 8.12. The first-order valence-electron chi connectivity index (χ1n) is 7.37. The van der Waals surface area contributed by atoms with E-state index in [0.717, 1.165) is 37.3 Å². The van der Waals surface area contributed by atoms with E-state index in [9.17, 15) is 0 Å². The highest BCUT2D eigenvalue weighted by Crippen LogP contribution is 2.33. The number of nitrogens with one attached hydrogen (secondary N) is 1. The lowest BCUT2D eigenvalue weighted by molar-refractivity contribution is 0.530. The minimum absolute atomic E-state index is 0.0901. The third-order valence-electron chi connectivity index (χ3n) is 3.36. The molecule has 0 radical (unpaired) electrons.